The van der Waals surface area contributed by atoms with E-state index in [2.05, 4.69) is 16.0 Å². The first-order valence-electron chi connectivity index (χ1n) is 9.05. The molecule has 0 spiro atoms. The molecule has 124 valence electrons. The fourth-order valence-electron chi connectivity index (χ4n) is 5.68. The van der Waals surface area contributed by atoms with Crippen LogP contribution in [0.5, 0.6) is 0 Å². The molecule has 4 saturated carbocycles. The van der Waals surface area contributed by atoms with Gasteiger partial charge in [0.05, 0.1) is 13.2 Å². The van der Waals surface area contributed by atoms with Crippen LogP contribution in [0, 0.1) is 23.7 Å². The molecule has 4 bridgehead atoms. The number of hydrogen-bond acceptors (Lipinski definition) is 3. The highest BCUT2D eigenvalue weighted by atomic mass is 16.5. The summed E-state index contributed by atoms with van der Waals surface area (Å²) in [5, 5.41) is 9.80. The first-order valence-corrected chi connectivity index (χ1v) is 9.05. The third kappa shape index (κ3) is 3.11. The van der Waals surface area contributed by atoms with Crippen LogP contribution >= 0.6 is 0 Å². The van der Waals surface area contributed by atoms with Gasteiger partial charge in [0.25, 0.3) is 0 Å². The number of nitrogens with one attached hydrogen (secondary N) is 3. The molecule has 0 aromatic rings. The molecule has 0 radical (unpaired) electrons. The Morgan fingerprint density at radius 1 is 1.14 bits per heavy atom. The lowest BCUT2D eigenvalue weighted by atomic mass is 9.53. The third-order valence-electron chi connectivity index (χ3n) is 6.18. The van der Waals surface area contributed by atoms with E-state index in [-0.39, 0.29) is 11.6 Å². The third-order valence-corrected chi connectivity index (χ3v) is 6.18. The molecule has 0 aromatic carbocycles. The molecule has 5 aliphatic rings. The molecule has 1 aliphatic heterocycles. The molecular weight excluding hydrogens is 278 g/mol. The van der Waals surface area contributed by atoms with Crippen LogP contribution in [0.25, 0.3) is 0 Å². The summed E-state index contributed by atoms with van der Waals surface area (Å²) in [6.07, 6.45) is 7.86. The minimum atomic E-state index is 0.0335. The van der Waals surface area contributed by atoms with E-state index in [4.69, 9.17) is 4.74 Å². The molecule has 0 unspecified atom stereocenters. The van der Waals surface area contributed by atoms with Crippen LogP contribution in [0.15, 0.2) is 0 Å². The van der Waals surface area contributed by atoms with Gasteiger partial charge in [-0.25, -0.2) is 4.79 Å². The molecule has 1 saturated heterocycles. The van der Waals surface area contributed by atoms with Gasteiger partial charge in [0.1, 0.15) is 0 Å². The zero-order chi connectivity index (χ0) is 15.0. The summed E-state index contributed by atoms with van der Waals surface area (Å²) in [7, 11) is 0. The predicted octanol–water partition coefficient (Wildman–Crippen LogP) is 1.49. The fourth-order valence-corrected chi connectivity index (χ4v) is 5.68. The number of carbonyl (C=O) groups is 1. The van der Waals surface area contributed by atoms with E-state index >= 15 is 0 Å². The van der Waals surface area contributed by atoms with E-state index in [1.807, 2.05) is 0 Å². The van der Waals surface area contributed by atoms with Gasteiger partial charge < -0.3 is 20.7 Å². The maximum absolute atomic E-state index is 12.4. The van der Waals surface area contributed by atoms with Gasteiger partial charge in [0.2, 0.25) is 0 Å². The number of hydrogen-bond donors (Lipinski definition) is 3. The number of urea groups is 1. The van der Waals surface area contributed by atoms with E-state index in [0.717, 1.165) is 44.1 Å². The summed E-state index contributed by atoms with van der Waals surface area (Å²) in [4.78, 5) is 12.4. The van der Waals surface area contributed by atoms with Gasteiger partial charge in [-0.3, -0.25) is 0 Å². The number of rotatable bonds is 3. The zero-order valence-electron chi connectivity index (χ0n) is 13.4. The summed E-state index contributed by atoms with van der Waals surface area (Å²) in [5.41, 5.74) is 0.108. The highest BCUT2D eigenvalue weighted by molar-refractivity contribution is 5.74. The average molecular weight is 307 g/mol. The van der Waals surface area contributed by atoms with Crippen LogP contribution in [0.4, 0.5) is 4.79 Å². The van der Waals surface area contributed by atoms with Crippen molar-refractivity contribution in [1.29, 1.82) is 0 Å². The van der Waals surface area contributed by atoms with Gasteiger partial charge in [0.15, 0.2) is 0 Å². The second kappa shape index (κ2) is 6.00. The van der Waals surface area contributed by atoms with E-state index < -0.39 is 0 Å². The molecule has 5 fully saturated rings. The molecule has 3 N–H and O–H groups in total. The Kier molecular flexibility index (Phi) is 4.03. The van der Waals surface area contributed by atoms with Gasteiger partial charge >= 0.3 is 6.03 Å². The van der Waals surface area contributed by atoms with Crippen LogP contribution < -0.4 is 16.0 Å². The summed E-state index contributed by atoms with van der Waals surface area (Å²) in [6, 6.07) is 0.0335. The van der Waals surface area contributed by atoms with Gasteiger partial charge in [-0.15, -0.1) is 0 Å². The molecule has 5 heteroatoms. The van der Waals surface area contributed by atoms with E-state index in [1.165, 1.54) is 38.5 Å². The molecule has 5 rings (SSSR count). The Labute approximate surface area is 132 Å². The van der Waals surface area contributed by atoms with Crippen molar-refractivity contribution in [3.05, 3.63) is 0 Å². The molecule has 22 heavy (non-hydrogen) atoms. The molecule has 4 aliphatic carbocycles. The quantitative estimate of drug-likeness (QED) is 0.740. The molecule has 0 aromatic heterocycles. The predicted molar refractivity (Wildman–Crippen MR) is 84.6 cm³/mol. The minimum Gasteiger partial charge on any atom is -0.380 e. The van der Waals surface area contributed by atoms with Gasteiger partial charge in [-0.1, -0.05) is 0 Å². The molecule has 5 nitrogen and oxygen atoms in total. The maximum atomic E-state index is 12.4. The van der Waals surface area contributed by atoms with Crippen LogP contribution in [0.2, 0.25) is 0 Å². The summed E-state index contributed by atoms with van der Waals surface area (Å²) in [5.74, 6) is 2.98. The topological polar surface area (TPSA) is 62.4 Å². The molecular formula is C17H29N3O2. The van der Waals surface area contributed by atoms with Crippen molar-refractivity contribution in [2.45, 2.75) is 44.1 Å². The molecule has 1 atom stereocenters. The smallest absolute Gasteiger partial charge is 0.315 e. The van der Waals surface area contributed by atoms with Crippen molar-refractivity contribution in [2.24, 2.45) is 23.7 Å². The standard InChI is InChI=1S/C17H29N3O2/c21-16(19-10-15-9-18-1-2-22-11-15)20-17-6-12-3-13(7-17)5-14(4-12)8-17/h12-15,18H,1-11H2,(H2,19,20,21)/t12?,13?,14?,15-,17?/m0/s1. The van der Waals surface area contributed by atoms with Crippen LogP contribution in [0.3, 0.4) is 0 Å². The first kappa shape index (κ1) is 14.8. The van der Waals surface area contributed by atoms with Crippen LogP contribution in [0.1, 0.15) is 38.5 Å². The van der Waals surface area contributed by atoms with Crippen molar-refractivity contribution < 1.29 is 9.53 Å². The SMILES string of the molecule is O=C(NC[C@@H]1CNCCOC1)NC12CC3CC(CC(C3)C1)C2. The number of ether oxygens (including phenoxy) is 1. The Bertz CT molecular complexity index is 383. The molecule has 2 amide bonds. The van der Waals surface area contributed by atoms with Crippen molar-refractivity contribution in [3.63, 3.8) is 0 Å². The highest BCUT2D eigenvalue weighted by Crippen LogP contribution is 2.55. The van der Waals surface area contributed by atoms with E-state index in [0.29, 0.717) is 12.5 Å². The van der Waals surface area contributed by atoms with Crippen molar-refractivity contribution >= 4 is 6.03 Å². The second-order valence-electron chi connectivity index (χ2n) is 8.18. The maximum Gasteiger partial charge on any atom is 0.315 e. The summed E-state index contributed by atoms with van der Waals surface area (Å²) >= 11 is 0. The number of carbonyl (C=O) groups excluding carboxylic acids is 1. The lowest BCUT2D eigenvalue weighted by Crippen LogP contribution is -2.61. The van der Waals surface area contributed by atoms with Crippen molar-refractivity contribution in [2.75, 3.05) is 32.8 Å². The monoisotopic (exact) mass is 307 g/mol. The zero-order valence-corrected chi connectivity index (χ0v) is 13.4. The summed E-state index contributed by atoms with van der Waals surface area (Å²) in [6.45, 7) is 4.05. The lowest BCUT2D eigenvalue weighted by Gasteiger charge is -2.56. The van der Waals surface area contributed by atoms with Crippen molar-refractivity contribution in [1.82, 2.24) is 16.0 Å². The summed E-state index contributed by atoms with van der Waals surface area (Å²) < 4.78 is 5.54. The highest BCUT2D eigenvalue weighted by Gasteiger charge is 2.51. The van der Waals surface area contributed by atoms with Gasteiger partial charge in [0, 0.05) is 31.1 Å². The normalized spacial score (nSPS) is 43.6. The van der Waals surface area contributed by atoms with E-state index in [9.17, 15) is 4.79 Å². The van der Waals surface area contributed by atoms with Crippen LogP contribution in [-0.4, -0.2) is 44.4 Å². The van der Waals surface area contributed by atoms with Crippen LogP contribution in [-0.2, 0) is 4.74 Å². The molecule has 1 heterocycles. The largest absolute Gasteiger partial charge is 0.380 e. The van der Waals surface area contributed by atoms with Gasteiger partial charge in [-0.05, 0) is 56.3 Å². The fraction of sp³-hybridized carbons (Fsp3) is 0.941. The Morgan fingerprint density at radius 3 is 2.50 bits per heavy atom. The lowest BCUT2D eigenvalue weighted by molar-refractivity contribution is -0.0135. The van der Waals surface area contributed by atoms with Crippen molar-refractivity contribution in [3.8, 4) is 0 Å². The Hall–Kier alpha value is -0.810. The average Bonchev–Trinajstić information content (AvgIpc) is 2.71. The Morgan fingerprint density at radius 2 is 1.82 bits per heavy atom. The Balaban J connectivity index is 1.28. The minimum absolute atomic E-state index is 0.0335. The van der Waals surface area contributed by atoms with E-state index in [1.54, 1.807) is 0 Å². The number of amides is 2. The van der Waals surface area contributed by atoms with Gasteiger partial charge in [-0.2, -0.15) is 0 Å². The first-order chi connectivity index (χ1) is 10.7. The second-order valence-corrected chi connectivity index (χ2v) is 8.18.